The summed E-state index contributed by atoms with van der Waals surface area (Å²) < 4.78 is 41.4. The molecule has 2 aromatic rings. The molecule has 1 aliphatic heterocycles. The minimum absolute atomic E-state index is 0.0650. The third-order valence-corrected chi connectivity index (χ3v) is 6.18. The lowest BCUT2D eigenvalue weighted by Crippen LogP contribution is -2.39. The van der Waals surface area contributed by atoms with Crippen LogP contribution in [0.4, 0.5) is 10.1 Å². The number of anilines is 1. The number of sulfonamides is 1. The summed E-state index contributed by atoms with van der Waals surface area (Å²) in [5, 5.41) is 0. The Morgan fingerprint density at radius 3 is 2.67 bits per heavy atom. The number of benzene rings is 2. The summed E-state index contributed by atoms with van der Waals surface area (Å²) >= 11 is 0. The molecule has 0 spiro atoms. The standard InChI is InChI=1S/C20H23FN2O3S/c1-14-6-5-11-23(13-14)20(24)17-12-16(10-9-15(17)2)27(25,26)22-19-8-4-3-7-18(19)21/h3-4,7-10,12,14,22H,5-6,11,13H2,1-2H3/t14-/m1/s1. The van der Waals surface area contributed by atoms with Gasteiger partial charge < -0.3 is 4.90 Å². The van der Waals surface area contributed by atoms with Crippen molar-refractivity contribution >= 4 is 21.6 Å². The quantitative estimate of drug-likeness (QED) is 0.863. The highest BCUT2D eigenvalue weighted by atomic mass is 32.2. The molecule has 1 atom stereocenters. The maximum atomic E-state index is 13.8. The molecule has 0 aromatic heterocycles. The Balaban J connectivity index is 1.90. The van der Waals surface area contributed by atoms with Gasteiger partial charge in [0, 0.05) is 18.7 Å². The Bertz CT molecular complexity index is 959. The number of amides is 1. The highest BCUT2D eigenvalue weighted by Crippen LogP contribution is 2.24. The zero-order valence-corrected chi connectivity index (χ0v) is 16.2. The molecule has 0 radical (unpaired) electrons. The molecule has 27 heavy (non-hydrogen) atoms. The third-order valence-electron chi connectivity index (χ3n) is 4.81. The van der Waals surface area contributed by atoms with E-state index in [-0.39, 0.29) is 16.5 Å². The molecule has 1 saturated heterocycles. The minimum atomic E-state index is -4.01. The molecule has 7 heteroatoms. The number of hydrogen-bond acceptors (Lipinski definition) is 3. The van der Waals surface area contributed by atoms with E-state index < -0.39 is 15.8 Å². The van der Waals surface area contributed by atoms with Crippen LogP contribution in [0.15, 0.2) is 47.4 Å². The van der Waals surface area contributed by atoms with Crippen LogP contribution in [0, 0.1) is 18.7 Å². The van der Waals surface area contributed by atoms with E-state index in [2.05, 4.69) is 11.6 Å². The number of aryl methyl sites for hydroxylation is 1. The van der Waals surface area contributed by atoms with Gasteiger partial charge >= 0.3 is 0 Å². The topological polar surface area (TPSA) is 66.5 Å². The van der Waals surface area contributed by atoms with E-state index in [1.54, 1.807) is 24.0 Å². The Labute approximate surface area is 159 Å². The van der Waals surface area contributed by atoms with Crippen LogP contribution in [0.2, 0.25) is 0 Å². The van der Waals surface area contributed by atoms with Gasteiger partial charge in [0.05, 0.1) is 10.6 Å². The van der Waals surface area contributed by atoms with Crippen molar-refractivity contribution in [2.24, 2.45) is 5.92 Å². The van der Waals surface area contributed by atoms with Crippen molar-refractivity contribution in [3.63, 3.8) is 0 Å². The van der Waals surface area contributed by atoms with Crippen LogP contribution in [0.25, 0.3) is 0 Å². The summed E-state index contributed by atoms with van der Waals surface area (Å²) in [6, 6.07) is 9.96. The number of piperidine rings is 1. The molecule has 3 rings (SSSR count). The lowest BCUT2D eigenvalue weighted by atomic mass is 9.99. The highest BCUT2D eigenvalue weighted by molar-refractivity contribution is 7.92. The van der Waals surface area contributed by atoms with E-state index in [0.29, 0.717) is 30.1 Å². The number of nitrogens with one attached hydrogen (secondary N) is 1. The van der Waals surface area contributed by atoms with Crippen LogP contribution in [-0.2, 0) is 10.0 Å². The number of carbonyl (C=O) groups is 1. The summed E-state index contributed by atoms with van der Waals surface area (Å²) in [4.78, 5) is 14.6. The molecule has 1 aliphatic rings. The van der Waals surface area contributed by atoms with Gasteiger partial charge in [0.25, 0.3) is 15.9 Å². The summed E-state index contributed by atoms with van der Waals surface area (Å²) in [5.41, 5.74) is 0.944. The van der Waals surface area contributed by atoms with E-state index >= 15 is 0 Å². The molecule has 5 nitrogen and oxygen atoms in total. The first kappa shape index (κ1) is 19.4. The fourth-order valence-electron chi connectivity index (χ4n) is 3.29. The van der Waals surface area contributed by atoms with Gasteiger partial charge in [0.2, 0.25) is 0 Å². The van der Waals surface area contributed by atoms with Gasteiger partial charge in [-0.3, -0.25) is 9.52 Å². The molecule has 0 bridgehead atoms. The van der Waals surface area contributed by atoms with E-state index in [1.165, 1.54) is 30.3 Å². The zero-order chi connectivity index (χ0) is 19.6. The largest absolute Gasteiger partial charge is 0.338 e. The summed E-state index contributed by atoms with van der Waals surface area (Å²) in [6.45, 7) is 5.22. The molecule has 0 saturated carbocycles. The second kappa shape index (κ2) is 7.68. The van der Waals surface area contributed by atoms with Crippen LogP contribution in [0.3, 0.4) is 0 Å². The highest BCUT2D eigenvalue weighted by Gasteiger charge is 2.25. The second-order valence-electron chi connectivity index (χ2n) is 7.06. The lowest BCUT2D eigenvalue weighted by molar-refractivity contribution is 0.0682. The number of para-hydroxylation sites is 1. The second-order valence-corrected chi connectivity index (χ2v) is 8.74. The van der Waals surface area contributed by atoms with Crippen LogP contribution in [0.1, 0.15) is 35.7 Å². The number of rotatable bonds is 4. The average Bonchev–Trinajstić information content (AvgIpc) is 2.63. The van der Waals surface area contributed by atoms with E-state index in [9.17, 15) is 17.6 Å². The van der Waals surface area contributed by atoms with Crippen molar-refractivity contribution in [2.45, 2.75) is 31.6 Å². The number of carbonyl (C=O) groups excluding carboxylic acids is 1. The molecule has 1 amide bonds. The number of likely N-dealkylation sites (tertiary alicyclic amines) is 1. The van der Waals surface area contributed by atoms with Crippen molar-refractivity contribution in [3.05, 3.63) is 59.4 Å². The molecule has 0 aliphatic carbocycles. The summed E-state index contributed by atoms with van der Waals surface area (Å²) in [7, 11) is -4.01. The smallest absolute Gasteiger partial charge is 0.262 e. The molecule has 0 unspecified atom stereocenters. The normalized spacial score (nSPS) is 17.6. The van der Waals surface area contributed by atoms with E-state index in [0.717, 1.165) is 12.8 Å². The maximum Gasteiger partial charge on any atom is 0.262 e. The maximum absolute atomic E-state index is 13.8. The number of nitrogens with zero attached hydrogens (tertiary/aromatic N) is 1. The molecule has 2 aromatic carbocycles. The minimum Gasteiger partial charge on any atom is -0.338 e. The zero-order valence-electron chi connectivity index (χ0n) is 15.4. The first-order valence-electron chi connectivity index (χ1n) is 8.95. The van der Waals surface area contributed by atoms with Crippen LogP contribution >= 0.6 is 0 Å². The average molecular weight is 390 g/mol. The van der Waals surface area contributed by atoms with Crippen LogP contribution < -0.4 is 4.72 Å². The van der Waals surface area contributed by atoms with Crippen molar-refractivity contribution in [3.8, 4) is 0 Å². The molecule has 1 heterocycles. The van der Waals surface area contributed by atoms with Gasteiger partial charge in [0.15, 0.2) is 0 Å². The molecule has 1 fully saturated rings. The van der Waals surface area contributed by atoms with Crippen molar-refractivity contribution in [1.29, 1.82) is 0 Å². The summed E-state index contributed by atoms with van der Waals surface area (Å²) in [6.07, 6.45) is 2.03. The first-order valence-corrected chi connectivity index (χ1v) is 10.4. The molecular formula is C20H23FN2O3S. The van der Waals surface area contributed by atoms with E-state index in [1.807, 2.05) is 0 Å². The summed E-state index contributed by atoms with van der Waals surface area (Å²) in [5.74, 6) is -0.397. The SMILES string of the molecule is Cc1ccc(S(=O)(=O)Nc2ccccc2F)cc1C(=O)N1CCC[C@@H](C)C1. The van der Waals surface area contributed by atoms with Gasteiger partial charge in [-0.05, 0) is 55.5 Å². The van der Waals surface area contributed by atoms with Crippen molar-refractivity contribution in [1.82, 2.24) is 4.90 Å². The van der Waals surface area contributed by atoms with Gasteiger partial charge in [-0.25, -0.2) is 12.8 Å². The predicted octanol–water partition coefficient (Wildman–Crippen LogP) is 3.81. The predicted molar refractivity (Wildman–Crippen MR) is 103 cm³/mol. The Hall–Kier alpha value is -2.41. The Kier molecular flexibility index (Phi) is 5.51. The Morgan fingerprint density at radius 1 is 1.22 bits per heavy atom. The fraction of sp³-hybridized carbons (Fsp3) is 0.350. The van der Waals surface area contributed by atoms with Crippen molar-refractivity contribution < 1.29 is 17.6 Å². The molecule has 1 N–H and O–H groups in total. The van der Waals surface area contributed by atoms with Crippen LogP contribution in [-0.4, -0.2) is 32.3 Å². The van der Waals surface area contributed by atoms with Gasteiger partial charge in [-0.15, -0.1) is 0 Å². The van der Waals surface area contributed by atoms with E-state index in [4.69, 9.17) is 0 Å². The molecule has 144 valence electrons. The van der Waals surface area contributed by atoms with Crippen molar-refractivity contribution in [2.75, 3.05) is 17.8 Å². The Morgan fingerprint density at radius 2 is 1.96 bits per heavy atom. The monoisotopic (exact) mass is 390 g/mol. The fourth-order valence-corrected chi connectivity index (χ4v) is 4.38. The van der Waals surface area contributed by atoms with Gasteiger partial charge in [-0.1, -0.05) is 25.1 Å². The number of hydrogen-bond donors (Lipinski definition) is 1. The number of halogens is 1. The van der Waals surface area contributed by atoms with Crippen LogP contribution in [0.5, 0.6) is 0 Å². The van der Waals surface area contributed by atoms with Gasteiger partial charge in [-0.2, -0.15) is 0 Å². The third kappa shape index (κ3) is 4.30. The van der Waals surface area contributed by atoms with Gasteiger partial charge in [0.1, 0.15) is 5.82 Å². The molecular weight excluding hydrogens is 367 g/mol. The lowest BCUT2D eigenvalue weighted by Gasteiger charge is -2.31. The first-order chi connectivity index (χ1) is 12.8.